The molecule has 0 spiro atoms. The summed E-state index contributed by atoms with van der Waals surface area (Å²) in [5.41, 5.74) is 1.90. The van der Waals surface area contributed by atoms with Crippen LogP contribution in [0.25, 0.3) is 5.78 Å². The Balaban J connectivity index is 1.58. The number of rotatable bonds is 5. The highest BCUT2D eigenvalue weighted by atomic mass is 35.5. The fourth-order valence-corrected chi connectivity index (χ4v) is 6.53. The van der Waals surface area contributed by atoms with Gasteiger partial charge in [-0.2, -0.15) is 0 Å². The number of aromatic nitrogens is 4. The second kappa shape index (κ2) is 8.22. The summed E-state index contributed by atoms with van der Waals surface area (Å²) < 4.78 is 30.5. The van der Waals surface area contributed by atoms with Gasteiger partial charge in [-0.3, -0.25) is 4.40 Å². The molecule has 1 N–H and O–H groups in total. The van der Waals surface area contributed by atoms with Crippen LogP contribution in [0.2, 0.25) is 5.02 Å². The van der Waals surface area contributed by atoms with Crippen LogP contribution in [0, 0.1) is 13.8 Å². The second-order valence-electron chi connectivity index (χ2n) is 7.28. The lowest BCUT2D eigenvalue weighted by Gasteiger charge is -2.31. The number of halogens is 1. The molecular weight excluding hydrogens is 430 g/mol. The van der Waals surface area contributed by atoms with Crippen LogP contribution >= 0.6 is 23.4 Å². The van der Waals surface area contributed by atoms with Crippen LogP contribution in [0.15, 0.2) is 40.4 Å². The van der Waals surface area contributed by atoms with E-state index < -0.39 is 10.0 Å². The van der Waals surface area contributed by atoms with E-state index in [1.165, 1.54) is 12.1 Å². The van der Waals surface area contributed by atoms with Crippen molar-refractivity contribution in [3.05, 3.63) is 46.7 Å². The van der Waals surface area contributed by atoms with E-state index >= 15 is 0 Å². The average molecular weight is 452 g/mol. The van der Waals surface area contributed by atoms with E-state index in [1.807, 2.05) is 24.3 Å². The van der Waals surface area contributed by atoms with Crippen molar-refractivity contribution < 1.29 is 8.42 Å². The first-order valence-corrected chi connectivity index (χ1v) is 12.2. The monoisotopic (exact) mass is 451 g/mol. The van der Waals surface area contributed by atoms with Crippen LogP contribution in [0.4, 0.5) is 0 Å². The standard InChI is InChI=1S/C19H22ClN5O2S2/c1-12-11-13(2)25-18(21-12)22-23-19(25)28-17-6-4-3-5-16(17)24-29(26,27)15-9-7-14(20)8-10-15/h7-11,16-17,24H,3-6H2,1-2H3/t16-,17-/m0/s1. The molecule has 7 nitrogen and oxygen atoms in total. The van der Waals surface area contributed by atoms with Gasteiger partial charge in [0, 0.05) is 27.7 Å². The molecular formula is C19H22ClN5O2S2. The number of nitrogens with one attached hydrogen (secondary N) is 1. The Kier molecular flexibility index (Phi) is 5.83. The Hall–Kier alpha value is -1.68. The van der Waals surface area contributed by atoms with Crippen molar-refractivity contribution in [2.75, 3.05) is 0 Å². The lowest BCUT2D eigenvalue weighted by molar-refractivity contribution is 0.422. The highest BCUT2D eigenvalue weighted by Gasteiger charge is 2.31. The lowest BCUT2D eigenvalue weighted by atomic mass is 9.96. The second-order valence-corrected chi connectivity index (χ2v) is 10.6. The van der Waals surface area contributed by atoms with Crippen LogP contribution < -0.4 is 4.72 Å². The SMILES string of the molecule is Cc1cc(C)n2c(S[C@H]3CCCC[C@@H]3NS(=O)(=O)c3ccc(Cl)cc3)nnc2n1. The Morgan fingerprint density at radius 1 is 1.14 bits per heavy atom. The third kappa shape index (κ3) is 4.42. The molecule has 1 saturated carbocycles. The summed E-state index contributed by atoms with van der Waals surface area (Å²) in [4.78, 5) is 4.65. The minimum absolute atomic E-state index is 0.0685. The van der Waals surface area contributed by atoms with Crippen molar-refractivity contribution in [1.29, 1.82) is 0 Å². The summed E-state index contributed by atoms with van der Waals surface area (Å²) in [5, 5.41) is 9.82. The third-order valence-electron chi connectivity index (χ3n) is 5.05. The highest BCUT2D eigenvalue weighted by Crippen LogP contribution is 2.34. The smallest absolute Gasteiger partial charge is 0.256 e. The van der Waals surface area contributed by atoms with Gasteiger partial charge in [0.1, 0.15) is 0 Å². The number of benzene rings is 1. The van der Waals surface area contributed by atoms with E-state index in [4.69, 9.17) is 11.6 Å². The third-order valence-corrected chi connectivity index (χ3v) is 8.15. The van der Waals surface area contributed by atoms with Crippen molar-refractivity contribution >= 4 is 39.2 Å². The maximum absolute atomic E-state index is 12.9. The van der Waals surface area contributed by atoms with E-state index in [0.29, 0.717) is 10.8 Å². The molecule has 1 fully saturated rings. The maximum atomic E-state index is 12.9. The molecule has 0 aliphatic heterocycles. The van der Waals surface area contributed by atoms with E-state index in [9.17, 15) is 8.42 Å². The van der Waals surface area contributed by atoms with E-state index in [0.717, 1.165) is 42.2 Å². The van der Waals surface area contributed by atoms with Gasteiger partial charge in [0.15, 0.2) is 5.16 Å². The van der Waals surface area contributed by atoms with Gasteiger partial charge in [-0.25, -0.2) is 18.1 Å². The van der Waals surface area contributed by atoms with Gasteiger partial charge in [-0.15, -0.1) is 10.2 Å². The molecule has 0 bridgehead atoms. The number of aryl methyl sites for hydroxylation is 2. The van der Waals surface area contributed by atoms with Gasteiger partial charge in [0.05, 0.1) is 4.90 Å². The maximum Gasteiger partial charge on any atom is 0.256 e. The van der Waals surface area contributed by atoms with Crippen molar-refractivity contribution in [2.24, 2.45) is 0 Å². The molecule has 2 atom stereocenters. The van der Waals surface area contributed by atoms with Gasteiger partial charge < -0.3 is 0 Å². The molecule has 0 amide bonds. The predicted octanol–water partition coefficient (Wildman–Crippen LogP) is 3.78. The van der Waals surface area contributed by atoms with E-state index in [-0.39, 0.29) is 16.2 Å². The summed E-state index contributed by atoms with van der Waals surface area (Å²) in [5.74, 6) is 0.569. The number of fused-ring (bicyclic) bond motifs is 1. The predicted molar refractivity (Wildman–Crippen MR) is 114 cm³/mol. The van der Waals surface area contributed by atoms with Crippen LogP contribution in [0.3, 0.4) is 0 Å². The van der Waals surface area contributed by atoms with Gasteiger partial charge in [0.25, 0.3) is 5.78 Å². The molecule has 0 unspecified atom stereocenters. The average Bonchev–Trinajstić information content (AvgIpc) is 3.06. The summed E-state index contributed by atoms with van der Waals surface area (Å²) in [6.45, 7) is 3.92. The van der Waals surface area contributed by atoms with Gasteiger partial charge in [-0.1, -0.05) is 36.2 Å². The topological polar surface area (TPSA) is 89.2 Å². The fourth-order valence-electron chi connectivity index (χ4n) is 3.67. The van der Waals surface area contributed by atoms with Crippen molar-refractivity contribution in [3.8, 4) is 0 Å². The zero-order valence-electron chi connectivity index (χ0n) is 16.2. The van der Waals surface area contributed by atoms with Crippen LogP contribution in [0.5, 0.6) is 0 Å². The molecule has 1 aromatic carbocycles. The van der Waals surface area contributed by atoms with Gasteiger partial charge in [0.2, 0.25) is 10.0 Å². The normalized spacial score (nSPS) is 20.2. The molecule has 0 saturated heterocycles. The first-order valence-electron chi connectivity index (χ1n) is 9.47. The zero-order chi connectivity index (χ0) is 20.6. The van der Waals surface area contributed by atoms with Crippen molar-refractivity contribution in [2.45, 2.75) is 60.9 Å². The zero-order valence-corrected chi connectivity index (χ0v) is 18.6. The molecule has 0 radical (unpaired) electrons. The molecule has 154 valence electrons. The summed E-state index contributed by atoms with van der Waals surface area (Å²) in [7, 11) is -3.62. The summed E-state index contributed by atoms with van der Waals surface area (Å²) in [6, 6.07) is 8.03. The summed E-state index contributed by atoms with van der Waals surface area (Å²) >= 11 is 7.46. The largest absolute Gasteiger partial charge is 0.259 e. The molecule has 2 heterocycles. The van der Waals surface area contributed by atoms with Crippen molar-refractivity contribution in [3.63, 3.8) is 0 Å². The molecule has 29 heavy (non-hydrogen) atoms. The first kappa shape index (κ1) is 20.6. The minimum Gasteiger partial charge on any atom is -0.259 e. The van der Waals surface area contributed by atoms with Crippen LogP contribution in [-0.4, -0.2) is 39.3 Å². The quantitative estimate of drug-likeness (QED) is 0.635. The van der Waals surface area contributed by atoms with Gasteiger partial charge >= 0.3 is 0 Å². The molecule has 1 aliphatic carbocycles. The van der Waals surface area contributed by atoms with Crippen LogP contribution in [-0.2, 0) is 10.0 Å². The number of nitrogens with zero attached hydrogens (tertiary/aromatic N) is 4. The summed E-state index contributed by atoms with van der Waals surface area (Å²) in [6.07, 6.45) is 3.75. The fraction of sp³-hybridized carbons (Fsp3) is 0.421. The van der Waals surface area contributed by atoms with Crippen LogP contribution in [0.1, 0.15) is 37.1 Å². The van der Waals surface area contributed by atoms with E-state index in [2.05, 4.69) is 19.9 Å². The Morgan fingerprint density at radius 3 is 2.62 bits per heavy atom. The highest BCUT2D eigenvalue weighted by molar-refractivity contribution is 7.99. The lowest BCUT2D eigenvalue weighted by Crippen LogP contribution is -2.43. The first-order chi connectivity index (χ1) is 13.8. The Labute approximate surface area is 179 Å². The number of thioether (sulfide) groups is 1. The number of sulfonamides is 1. The molecule has 4 rings (SSSR count). The number of hydrogen-bond donors (Lipinski definition) is 1. The Bertz CT molecular complexity index is 1130. The molecule has 1 aliphatic rings. The molecule has 10 heteroatoms. The number of hydrogen-bond acceptors (Lipinski definition) is 6. The molecule has 2 aromatic heterocycles. The van der Waals surface area contributed by atoms with E-state index in [1.54, 1.807) is 23.9 Å². The van der Waals surface area contributed by atoms with Gasteiger partial charge in [-0.05, 0) is 57.0 Å². The van der Waals surface area contributed by atoms with Crippen molar-refractivity contribution in [1.82, 2.24) is 24.3 Å². The molecule has 3 aromatic rings. The minimum atomic E-state index is -3.62. The Morgan fingerprint density at radius 2 is 1.86 bits per heavy atom.